The lowest BCUT2D eigenvalue weighted by Gasteiger charge is -2.20. The van der Waals surface area contributed by atoms with Crippen molar-refractivity contribution in [2.75, 3.05) is 39.7 Å². The van der Waals surface area contributed by atoms with Crippen LogP contribution in [0, 0.1) is 0 Å². The van der Waals surface area contributed by atoms with Crippen molar-refractivity contribution in [2.24, 2.45) is 5.10 Å². The van der Waals surface area contributed by atoms with Crippen LogP contribution in [0.1, 0.15) is 12.8 Å². The smallest absolute Gasteiger partial charge is 0.329 e. The SMILES string of the molecule is COc1ccc(NC(=O)C(=O)NN=C2CC[NH+](C)CC2)c(OC)c1. The highest BCUT2D eigenvalue weighted by molar-refractivity contribution is 6.39. The van der Waals surface area contributed by atoms with Crippen LogP contribution in [0.4, 0.5) is 5.69 Å². The molecule has 2 rings (SSSR count). The third-order valence-electron chi connectivity index (χ3n) is 3.86. The number of likely N-dealkylation sites (tertiary alicyclic amines) is 1. The molecule has 0 unspecified atom stereocenters. The number of nitrogens with zero attached hydrogens (tertiary/aromatic N) is 1. The van der Waals surface area contributed by atoms with Crippen LogP contribution in [0.25, 0.3) is 0 Å². The van der Waals surface area contributed by atoms with Crippen LogP contribution in [0.2, 0.25) is 0 Å². The van der Waals surface area contributed by atoms with Crippen molar-refractivity contribution < 1.29 is 24.0 Å². The van der Waals surface area contributed by atoms with E-state index in [9.17, 15) is 9.59 Å². The van der Waals surface area contributed by atoms with Gasteiger partial charge in [-0.05, 0) is 12.1 Å². The van der Waals surface area contributed by atoms with Gasteiger partial charge >= 0.3 is 11.8 Å². The van der Waals surface area contributed by atoms with E-state index in [0.29, 0.717) is 17.2 Å². The van der Waals surface area contributed by atoms with Gasteiger partial charge in [0.2, 0.25) is 0 Å². The van der Waals surface area contributed by atoms with E-state index in [4.69, 9.17) is 9.47 Å². The van der Waals surface area contributed by atoms with Gasteiger partial charge in [-0.25, -0.2) is 5.43 Å². The number of piperidine rings is 1. The monoisotopic (exact) mass is 335 g/mol. The summed E-state index contributed by atoms with van der Waals surface area (Å²) in [6, 6.07) is 4.89. The molecule has 0 aliphatic carbocycles. The third-order valence-corrected chi connectivity index (χ3v) is 3.86. The van der Waals surface area contributed by atoms with Crippen molar-refractivity contribution in [3.05, 3.63) is 18.2 Å². The Hall–Kier alpha value is -2.61. The van der Waals surface area contributed by atoms with Gasteiger partial charge in [-0.3, -0.25) is 9.59 Å². The van der Waals surface area contributed by atoms with Crippen molar-refractivity contribution in [3.63, 3.8) is 0 Å². The standard InChI is InChI=1S/C16H22N4O4/c1-20-8-6-11(7-9-20)18-19-16(22)15(21)17-13-5-4-12(23-2)10-14(13)24-3/h4-5,10H,6-9H2,1-3H3,(H,17,21)(H,19,22)/p+1. The average Bonchev–Trinajstić information content (AvgIpc) is 2.61. The second kappa shape index (κ2) is 8.30. The number of rotatable bonds is 4. The maximum absolute atomic E-state index is 12.0. The largest absolute Gasteiger partial charge is 0.497 e. The zero-order chi connectivity index (χ0) is 17.5. The number of carbonyl (C=O) groups is 2. The van der Waals surface area contributed by atoms with Crippen LogP contribution in [0.3, 0.4) is 0 Å². The van der Waals surface area contributed by atoms with Crippen LogP contribution in [0.5, 0.6) is 11.5 Å². The summed E-state index contributed by atoms with van der Waals surface area (Å²) >= 11 is 0. The highest BCUT2D eigenvalue weighted by Gasteiger charge is 2.18. The molecule has 8 heteroatoms. The molecule has 0 atom stereocenters. The quantitative estimate of drug-likeness (QED) is 0.507. The summed E-state index contributed by atoms with van der Waals surface area (Å²) in [5.41, 5.74) is 3.60. The van der Waals surface area contributed by atoms with E-state index < -0.39 is 11.8 Å². The molecule has 0 aromatic heterocycles. The van der Waals surface area contributed by atoms with Crippen LogP contribution < -0.4 is 25.1 Å². The lowest BCUT2D eigenvalue weighted by molar-refractivity contribution is -0.880. The molecule has 1 heterocycles. The number of anilines is 1. The van der Waals surface area contributed by atoms with E-state index in [1.807, 2.05) is 0 Å². The minimum absolute atomic E-state index is 0.383. The van der Waals surface area contributed by atoms with Gasteiger partial charge in [0.25, 0.3) is 0 Å². The third kappa shape index (κ3) is 4.69. The zero-order valence-corrected chi connectivity index (χ0v) is 14.1. The summed E-state index contributed by atoms with van der Waals surface area (Å²) < 4.78 is 10.3. The molecule has 1 aliphatic rings. The van der Waals surface area contributed by atoms with Crippen LogP contribution >= 0.6 is 0 Å². The van der Waals surface area contributed by atoms with Crippen molar-refractivity contribution >= 4 is 23.2 Å². The number of amides is 2. The Balaban J connectivity index is 1.94. The first kappa shape index (κ1) is 17.7. The topological polar surface area (TPSA) is 93.5 Å². The number of nitrogens with one attached hydrogen (secondary N) is 3. The lowest BCUT2D eigenvalue weighted by atomic mass is 10.1. The van der Waals surface area contributed by atoms with E-state index >= 15 is 0 Å². The summed E-state index contributed by atoms with van der Waals surface area (Å²) in [5.74, 6) is -0.627. The molecule has 2 amide bonds. The predicted octanol–water partition coefficient (Wildman–Crippen LogP) is -0.577. The van der Waals surface area contributed by atoms with Gasteiger partial charge in [0.15, 0.2) is 0 Å². The van der Waals surface area contributed by atoms with Crippen molar-refractivity contribution in [1.82, 2.24) is 5.43 Å². The summed E-state index contributed by atoms with van der Waals surface area (Å²) in [4.78, 5) is 25.3. The molecule has 1 saturated heterocycles. The molecule has 1 aliphatic heterocycles. The van der Waals surface area contributed by atoms with Gasteiger partial charge in [0.05, 0.1) is 40.0 Å². The van der Waals surface area contributed by atoms with Crippen molar-refractivity contribution in [1.29, 1.82) is 0 Å². The maximum Gasteiger partial charge on any atom is 0.329 e. The Morgan fingerprint density at radius 3 is 2.46 bits per heavy atom. The molecule has 0 radical (unpaired) electrons. The number of hydrogen-bond donors (Lipinski definition) is 3. The highest BCUT2D eigenvalue weighted by atomic mass is 16.5. The Morgan fingerprint density at radius 2 is 1.83 bits per heavy atom. The number of methoxy groups -OCH3 is 2. The van der Waals surface area contributed by atoms with E-state index in [2.05, 4.69) is 22.9 Å². The van der Waals surface area contributed by atoms with Gasteiger partial charge in [-0.2, -0.15) is 5.10 Å². The van der Waals surface area contributed by atoms with Crippen molar-refractivity contribution in [2.45, 2.75) is 12.8 Å². The first-order valence-electron chi connectivity index (χ1n) is 7.73. The molecular formula is C16H23N4O4+. The van der Waals surface area contributed by atoms with Gasteiger partial charge < -0.3 is 19.7 Å². The number of quaternary nitrogens is 1. The minimum atomic E-state index is -0.813. The lowest BCUT2D eigenvalue weighted by Crippen LogP contribution is -3.10. The predicted molar refractivity (Wildman–Crippen MR) is 89.6 cm³/mol. The molecule has 0 bridgehead atoms. The van der Waals surface area contributed by atoms with E-state index in [1.165, 1.54) is 19.1 Å². The molecule has 24 heavy (non-hydrogen) atoms. The number of carbonyl (C=O) groups excluding carboxylic acids is 2. The average molecular weight is 335 g/mol. The number of hydrogen-bond acceptors (Lipinski definition) is 5. The Bertz CT molecular complexity index is 635. The molecular weight excluding hydrogens is 312 g/mol. The fraction of sp³-hybridized carbons (Fsp3) is 0.438. The fourth-order valence-electron chi connectivity index (χ4n) is 2.34. The Labute approximate surface area is 140 Å². The van der Waals surface area contributed by atoms with E-state index in [1.54, 1.807) is 18.2 Å². The van der Waals surface area contributed by atoms with Crippen LogP contribution in [-0.4, -0.2) is 51.9 Å². The molecule has 1 fully saturated rings. The molecule has 0 spiro atoms. The molecule has 8 nitrogen and oxygen atoms in total. The van der Waals surface area contributed by atoms with Gasteiger partial charge in [-0.15, -0.1) is 0 Å². The van der Waals surface area contributed by atoms with E-state index in [-0.39, 0.29) is 0 Å². The molecule has 1 aromatic rings. The molecule has 130 valence electrons. The van der Waals surface area contributed by atoms with Crippen LogP contribution in [0.15, 0.2) is 23.3 Å². The number of hydrazone groups is 1. The van der Waals surface area contributed by atoms with Gasteiger partial charge in [0.1, 0.15) is 11.5 Å². The second-order valence-electron chi connectivity index (χ2n) is 5.60. The fourth-order valence-corrected chi connectivity index (χ4v) is 2.34. The van der Waals surface area contributed by atoms with Gasteiger partial charge in [-0.1, -0.05) is 0 Å². The first-order valence-corrected chi connectivity index (χ1v) is 7.73. The summed E-state index contributed by atoms with van der Waals surface area (Å²) in [6.07, 6.45) is 1.64. The summed E-state index contributed by atoms with van der Waals surface area (Å²) in [7, 11) is 5.12. The molecule has 0 saturated carbocycles. The van der Waals surface area contributed by atoms with E-state index in [0.717, 1.165) is 31.6 Å². The maximum atomic E-state index is 12.0. The summed E-state index contributed by atoms with van der Waals surface area (Å²) in [6.45, 7) is 1.95. The molecule has 3 N–H and O–H groups in total. The van der Waals surface area contributed by atoms with Gasteiger partial charge in [0, 0.05) is 24.6 Å². The van der Waals surface area contributed by atoms with Crippen LogP contribution in [-0.2, 0) is 9.59 Å². The highest BCUT2D eigenvalue weighted by Crippen LogP contribution is 2.28. The Morgan fingerprint density at radius 1 is 1.12 bits per heavy atom. The number of ether oxygens (including phenoxy) is 2. The first-order chi connectivity index (χ1) is 11.5. The minimum Gasteiger partial charge on any atom is -0.497 e. The normalized spacial score (nSPS) is 17.0. The molecule has 1 aromatic carbocycles. The summed E-state index contributed by atoms with van der Waals surface area (Å²) in [5, 5.41) is 6.54. The Kier molecular flexibility index (Phi) is 6.14. The number of benzene rings is 1. The van der Waals surface area contributed by atoms with Crippen molar-refractivity contribution in [3.8, 4) is 11.5 Å². The second-order valence-corrected chi connectivity index (χ2v) is 5.60. The zero-order valence-electron chi connectivity index (χ0n) is 14.1.